The summed E-state index contributed by atoms with van der Waals surface area (Å²) in [7, 11) is 0.599. The van der Waals surface area contributed by atoms with E-state index in [2.05, 4.69) is 27.7 Å². The molecule has 1 unspecified atom stereocenters. The van der Waals surface area contributed by atoms with E-state index in [0.717, 1.165) is 6.42 Å². The van der Waals surface area contributed by atoms with Crippen LogP contribution in [-0.4, -0.2) is 33.5 Å². The maximum atomic E-state index is 12.5. The molecule has 1 aliphatic rings. The zero-order chi connectivity index (χ0) is 18.1. The van der Waals surface area contributed by atoms with E-state index in [9.17, 15) is 14.9 Å². The van der Waals surface area contributed by atoms with Crippen LogP contribution in [0.2, 0.25) is 0 Å². The minimum absolute atomic E-state index is 0.0279. The molecule has 1 fully saturated rings. The number of nitro benzene ring substituents is 1. The minimum atomic E-state index is -0.432. The summed E-state index contributed by atoms with van der Waals surface area (Å²) in [6.45, 7) is 8.69. The highest BCUT2D eigenvalue weighted by molar-refractivity contribution is 5.99. The van der Waals surface area contributed by atoms with Gasteiger partial charge in [-0.15, -0.1) is 0 Å². The van der Waals surface area contributed by atoms with E-state index in [1.807, 2.05) is 0 Å². The van der Waals surface area contributed by atoms with Gasteiger partial charge in [0, 0.05) is 24.2 Å². The fraction of sp³-hybridized carbons (Fsp3) is 0.588. The van der Waals surface area contributed by atoms with Crippen molar-refractivity contribution in [2.24, 2.45) is 11.3 Å². The Morgan fingerprint density at radius 2 is 1.92 bits per heavy atom. The van der Waals surface area contributed by atoms with Gasteiger partial charge in [0.15, 0.2) is 0 Å². The van der Waals surface area contributed by atoms with Crippen molar-refractivity contribution in [1.82, 2.24) is 0 Å². The van der Waals surface area contributed by atoms with Crippen molar-refractivity contribution >= 4 is 27.8 Å². The fourth-order valence-corrected chi connectivity index (χ4v) is 4.27. The normalized spacial score (nSPS) is 20.0. The fourth-order valence-electron chi connectivity index (χ4n) is 3.35. The maximum absolute atomic E-state index is 12.5. The molecule has 2 atom stereocenters. The van der Waals surface area contributed by atoms with E-state index >= 15 is 0 Å². The second kappa shape index (κ2) is 7.02. The second-order valence-corrected chi connectivity index (χ2v) is 7.75. The van der Waals surface area contributed by atoms with Crippen molar-refractivity contribution in [3.8, 4) is 0 Å². The van der Waals surface area contributed by atoms with Gasteiger partial charge in [-0.25, -0.2) is 0 Å². The zero-order valence-corrected chi connectivity index (χ0v) is 17.0. The zero-order valence-electron chi connectivity index (χ0n) is 15.0. The molecule has 0 radical (unpaired) electrons. The molecule has 6 nitrogen and oxygen atoms in total. The Morgan fingerprint density at radius 3 is 2.38 bits per heavy atom. The van der Waals surface area contributed by atoms with Gasteiger partial charge in [0.25, 0.3) is 5.69 Å². The third-order valence-electron chi connectivity index (χ3n) is 5.42. The number of hydrogen-bond donors (Lipinski definition) is 0. The van der Waals surface area contributed by atoms with Crippen molar-refractivity contribution in [1.29, 1.82) is 0 Å². The Labute approximate surface area is 145 Å². The molecule has 1 saturated heterocycles. The molecule has 0 aromatic heterocycles. The lowest BCUT2D eigenvalue weighted by atomic mass is 9.73. The van der Waals surface area contributed by atoms with Gasteiger partial charge in [0.05, 0.1) is 17.1 Å². The van der Waals surface area contributed by atoms with Gasteiger partial charge in [-0.05, 0) is 29.9 Å². The average molecular weight is 350 g/mol. The molecule has 132 valence electrons. The monoisotopic (exact) mass is 350 g/mol. The predicted molar refractivity (Wildman–Crippen MR) is 97.0 cm³/mol. The lowest BCUT2D eigenvalue weighted by Gasteiger charge is -2.43. The van der Waals surface area contributed by atoms with E-state index in [-0.39, 0.29) is 29.2 Å². The molecule has 1 aromatic carbocycles. The number of rotatable bonds is 6. The number of carbonyl (C=O) groups is 1. The number of nitrogens with zero attached hydrogens (tertiary/aromatic N) is 2. The summed E-state index contributed by atoms with van der Waals surface area (Å²) in [4.78, 5) is 24.6. The molecule has 24 heavy (non-hydrogen) atoms. The molecular weight excluding hydrogens is 324 g/mol. The molecule has 7 heteroatoms. The van der Waals surface area contributed by atoms with E-state index < -0.39 is 4.92 Å². The first kappa shape index (κ1) is 18.6. The molecule has 0 aliphatic carbocycles. The van der Waals surface area contributed by atoms with E-state index in [4.69, 9.17) is 4.43 Å². The topological polar surface area (TPSA) is 72.7 Å². The van der Waals surface area contributed by atoms with Gasteiger partial charge in [-0.1, -0.05) is 27.7 Å². The van der Waals surface area contributed by atoms with Gasteiger partial charge in [-0.3, -0.25) is 14.9 Å². The highest BCUT2D eigenvalue weighted by Crippen LogP contribution is 2.40. The minimum Gasteiger partial charge on any atom is -0.422 e. The van der Waals surface area contributed by atoms with Crippen LogP contribution in [0.25, 0.3) is 0 Å². The Kier molecular flexibility index (Phi) is 5.44. The van der Waals surface area contributed by atoms with Crippen molar-refractivity contribution in [3.63, 3.8) is 0 Å². The van der Waals surface area contributed by atoms with Gasteiger partial charge >= 0.3 is 0 Å². The van der Waals surface area contributed by atoms with Gasteiger partial charge < -0.3 is 9.33 Å². The molecule has 2 rings (SSSR count). The molecule has 1 amide bonds. The summed E-state index contributed by atoms with van der Waals surface area (Å²) in [5.41, 5.74) is 0.660. The van der Waals surface area contributed by atoms with Crippen LogP contribution >= 0.6 is 0 Å². The molecular formula is C17H26N2O4Si. The quantitative estimate of drug-likeness (QED) is 0.449. The molecule has 1 aliphatic heterocycles. The van der Waals surface area contributed by atoms with E-state index in [1.165, 1.54) is 12.1 Å². The van der Waals surface area contributed by atoms with Crippen LogP contribution in [0.15, 0.2) is 24.3 Å². The first-order valence-corrected chi connectivity index (χ1v) is 9.11. The Morgan fingerprint density at radius 1 is 1.33 bits per heavy atom. The Balaban J connectivity index is 2.36. The summed E-state index contributed by atoms with van der Waals surface area (Å²) in [6.07, 6.45) is 1.18. The largest absolute Gasteiger partial charge is 0.422 e. The summed E-state index contributed by atoms with van der Waals surface area (Å²) < 4.78 is 5.96. The van der Waals surface area contributed by atoms with Crippen LogP contribution in [0, 0.1) is 21.4 Å². The lowest BCUT2D eigenvalue weighted by Crippen LogP contribution is -2.51. The molecule has 0 spiro atoms. The van der Waals surface area contributed by atoms with Crippen LogP contribution < -0.4 is 4.90 Å². The highest BCUT2D eigenvalue weighted by Gasteiger charge is 2.45. The number of benzene rings is 1. The van der Waals surface area contributed by atoms with Crippen LogP contribution in [0.3, 0.4) is 0 Å². The van der Waals surface area contributed by atoms with Crippen molar-refractivity contribution < 1.29 is 14.1 Å². The maximum Gasteiger partial charge on any atom is 0.269 e. The molecule has 1 heterocycles. The molecule has 0 bridgehead atoms. The number of carbonyl (C=O) groups excluding carboxylic acids is 1. The first-order valence-electron chi connectivity index (χ1n) is 8.29. The molecule has 1 aromatic rings. The summed E-state index contributed by atoms with van der Waals surface area (Å²) in [6, 6.07) is 6.17. The molecule has 0 N–H and O–H groups in total. The van der Waals surface area contributed by atoms with Crippen molar-refractivity contribution in [3.05, 3.63) is 34.4 Å². The summed E-state index contributed by atoms with van der Waals surface area (Å²) >= 11 is 0. The number of hydrogen-bond acceptors (Lipinski definition) is 4. The Bertz CT molecular complexity index is 616. The third-order valence-corrected chi connectivity index (χ3v) is 5.93. The number of anilines is 1. The Hall–Kier alpha value is -1.73. The number of nitro groups is 1. The second-order valence-electron chi connectivity index (χ2n) is 7.28. The SMILES string of the molecule is CC(C)C(C)(C)C(O[SiH3])[C@H]1CCC(=O)N1c1ccc([N+](=O)[O-])cc1. The van der Waals surface area contributed by atoms with Gasteiger partial charge in [-0.2, -0.15) is 0 Å². The predicted octanol–water partition coefficient (Wildman–Crippen LogP) is 2.44. The number of non-ortho nitro benzene ring substituents is 1. The number of amides is 1. The van der Waals surface area contributed by atoms with Crippen molar-refractivity contribution in [2.75, 3.05) is 4.90 Å². The van der Waals surface area contributed by atoms with Crippen LogP contribution in [-0.2, 0) is 9.22 Å². The third kappa shape index (κ3) is 3.37. The van der Waals surface area contributed by atoms with Crippen LogP contribution in [0.4, 0.5) is 11.4 Å². The van der Waals surface area contributed by atoms with E-state index in [0.29, 0.717) is 28.5 Å². The molecule has 0 saturated carbocycles. The standard InChI is InChI=1S/C17H26N2O4Si/c1-11(2)17(3,4)16(23-24)14-9-10-15(20)18(14)12-5-7-13(8-6-12)19(21)22/h5-8,11,14,16H,9-10H2,1-4,24H3/t14-,16?/m1/s1. The first-order chi connectivity index (χ1) is 11.2. The van der Waals surface area contributed by atoms with Gasteiger partial charge in [0.2, 0.25) is 5.91 Å². The van der Waals surface area contributed by atoms with Gasteiger partial charge in [0.1, 0.15) is 10.5 Å². The lowest BCUT2D eigenvalue weighted by molar-refractivity contribution is -0.384. The van der Waals surface area contributed by atoms with Crippen LogP contribution in [0.1, 0.15) is 40.5 Å². The van der Waals surface area contributed by atoms with Crippen molar-refractivity contribution in [2.45, 2.75) is 52.7 Å². The summed E-state index contributed by atoms with van der Waals surface area (Å²) in [5.74, 6) is 0.461. The highest BCUT2D eigenvalue weighted by atomic mass is 28.2. The summed E-state index contributed by atoms with van der Waals surface area (Å²) in [5, 5.41) is 10.8. The average Bonchev–Trinajstić information content (AvgIpc) is 2.89. The van der Waals surface area contributed by atoms with E-state index in [1.54, 1.807) is 17.0 Å². The smallest absolute Gasteiger partial charge is 0.269 e. The van der Waals surface area contributed by atoms with Crippen LogP contribution in [0.5, 0.6) is 0 Å².